The van der Waals surface area contributed by atoms with Crippen LogP contribution in [0.5, 0.6) is 5.75 Å². The zero-order chi connectivity index (χ0) is 17.3. The van der Waals surface area contributed by atoms with Gasteiger partial charge >= 0.3 is 7.12 Å². The summed E-state index contributed by atoms with van der Waals surface area (Å²) in [5, 5.41) is 0. The Morgan fingerprint density at radius 1 is 1.26 bits per heavy atom. The number of hydrogen-bond acceptors (Lipinski definition) is 5. The summed E-state index contributed by atoms with van der Waals surface area (Å²) in [6.07, 6.45) is 2.74. The summed E-state index contributed by atoms with van der Waals surface area (Å²) in [5.41, 5.74) is 1.57. The molecule has 0 aliphatic carbocycles. The molecule has 1 fully saturated rings. The first-order valence-corrected chi connectivity index (χ1v) is 8.17. The van der Waals surface area contributed by atoms with E-state index in [-0.39, 0.29) is 0 Å². The van der Waals surface area contributed by atoms with Crippen molar-refractivity contribution in [1.82, 2.24) is 0 Å². The van der Waals surface area contributed by atoms with Gasteiger partial charge in [0.05, 0.1) is 23.9 Å². The van der Waals surface area contributed by atoms with Crippen LogP contribution in [-0.4, -0.2) is 37.5 Å². The van der Waals surface area contributed by atoms with Crippen LogP contribution < -0.4 is 4.74 Å². The molecular formula is C17H23BO4S. The topological polar surface area (TPSA) is 44.8 Å². The number of rotatable bonds is 5. The van der Waals surface area contributed by atoms with Crippen molar-refractivity contribution >= 4 is 32.1 Å². The summed E-state index contributed by atoms with van der Waals surface area (Å²) in [7, 11) is 1.11. The Hall–Kier alpha value is -1.24. The van der Waals surface area contributed by atoms with Gasteiger partial charge in [-0.1, -0.05) is 12.1 Å². The first-order valence-electron chi connectivity index (χ1n) is 7.54. The lowest BCUT2D eigenvalue weighted by atomic mass is 9.78. The molecule has 0 aromatic heterocycles. The van der Waals surface area contributed by atoms with Gasteiger partial charge in [0.15, 0.2) is 6.29 Å². The molecule has 1 aliphatic rings. The van der Waals surface area contributed by atoms with Crippen LogP contribution in [0.2, 0.25) is 0 Å². The summed E-state index contributed by atoms with van der Waals surface area (Å²) in [5.74, 6) is 1.05. The summed E-state index contributed by atoms with van der Waals surface area (Å²) in [6, 6.07) is 5.41. The molecular weight excluding hydrogens is 311 g/mol. The molecule has 4 nitrogen and oxygen atoms in total. The molecule has 1 heterocycles. The van der Waals surface area contributed by atoms with Gasteiger partial charge in [-0.3, -0.25) is 4.79 Å². The maximum atomic E-state index is 11.0. The highest BCUT2D eigenvalue weighted by Gasteiger charge is 2.52. The smallest absolute Gasteiger partial charge is 0.491 e. The van der Waals surface area contributed by atoms with Crippen molar-refractivity contribution in [2.75, 3.05) is 12.9 Å². The molecule has 0 atom stereocenters. The molecule has 124 valence electrons. The maximum absolute atomic E-state index is 11.0. The van der Waals surface area contributed by atoms with E-state index in [0.29, 0.717) is 17.1 Å². The van der Waals surface area contributed by atoms with Crippen molar-refractivity contribution in [2.24, 2.45) is 0 Å². The Kier molecular flexibility index (Phi) is 5.28. The van der Waals surface area contributed by atoms with E-state index in [1.54, 1.807) is 13.2 Å². The zero-order valence-corrected chi connectivity index (χ0v) is 15.1. The van der Waals surface area contributed by atoms with E-state index in [4.69, 9.17) is 14.0 Å². The Balaban J connectivity index is 2.31. The van der Waals surface area contributed by atoms with Gasteiger partial charge in [0.2, 0.25) is 0 Å². The van der Waals surface area contributed by atoms with Crippen LogP contribution >= 0.6 is 12.6 Å². The fourth-order valence-corrected chi connectivity index (χ4v) is 2.55. The lowest BCUT2D eigenvalue weighted by Gasteiger charge is -2.32. The van der Waals surface area contributed by atoms with Gasteiger partial charge < -0.3 is 14.0 Å². The van der Waals surface area contributed by atoms with Gasteiger partial charge in [-0.15, -0.1) is 0 Å². The van der Waals surface area contributed by atoms with E-state index in [9.17, 15) is 4.79 Å². The molecule has 1 saturated heterocycles. The molecule has 0 radical (unpaired) electrons. The quantitative estimate of drug-likeness (QED) is 0.509. The van der Waals surface area contributed by atoms with Crippen LogP contribution in [0, 0.1) is 0 Å². The van der Waals surface area contributed by atoms with Gasteiger partial charge in [0.1, 0.15) is 5.75 Å². The summed E-state index contributed by atoms with van der Waals surface area (Å²) in [6.45, 7) is 8.08. The zero-order valence-electron chi connectivity index (χ0n) is 14.3. The Morgan fingerprint density at radius 3 is 2.35 bits per heavy atom. The van der Waals surface area contributed by atoms with Crippen LogP contribution in [0.25, 0.3) is 6.08 Å². The Bertz CT molecular complexity index is 609. The van der Waals surface area contributed by atoms with E-state index in [0.717, 1.165) is 17.3 Å². The molecule has 0 spiro atoms. The molecule has 0 N–H and O–H groups in total. The van der Waals surface area contributed by atoms with Crippen LogP contribution in [0.15, 0.2) is 23.7 Å². The second kappa shape index (κ2) is 6.71. The molecule has 1 aliphatic heterocycles. The average molecular weight is 334 g/mol. The van der Waals surface area contributed by atoms with Gasteiger partial charge in [-0.2, -0.15) is 12.6 Å². The summed E-state index contributed by atoms with van der Waals surface area (Å²) >= 11 is 4.41. The first kappa shape index (κ1) is 18.1. The molecule has 1 aromatic carbocycles. The number of ether oxygens (including phenoxy) is 1. The molecule has 6 heteroatoms. The third kappa shape index (κ3) is 3.65. The first-order chi connectivity index (χ1) is 10.7. The molecule has 2 rings (SSSR count). The Labute approximate surface area is 143 Å². The van der Waals surface area contributed by atoms with E-state index < -0.39 is 18.3 Å². The largest absolute Gasteiger partial charge is 0.496 e. The molecule has 1 aromatic rings. The number of benzene rings is 1. The minimum Gasteiger partial charge on any atom is -0.496 e. The predicted octanol–water partition coefficient (Wildman–Crippen LogP) is 3.45. The third-order valence-corrected chi connectivity index (χ3v) is 4.84. The standard InChI is InChI=1S/C17H23BO4S/c1-16(2)17(3,4)22-18(21-16)14(11-23)8-12-6-7-13(10-19)15(9-12)20-5/h6-10,23H,11H2,1-5H3. The highest BCUT2D eigenvalue weighted by atomic mass is 32.1. The predicted molar refractivity (Wildman–Crippen MR) is 96.3 cm³/mol. The van der Waals surface area contributed by atoms with E-state index >= 15 is 0 Å². The monoisotopic (exact) mass is 334 g/mol. The molecule has 0 bridgehead atoms. The number of carbonyl (C=O) groups excluding carboxylic acids is 1. The van der Waals surface area contributed by atoms with Crippen molar-refractivity contribution in [3.63, 3.8) is 0 Å². The fraction of sp³-hybridized carbons (Fsp3) is 0.471. The fourth-order valence-electron chi connectivity index (χ4n) is 2.31. The van der Waals surface area contributed by atoms with Crippen LogP contribution in [0.4, 0.5) is 0 Å². The van der Waals surface area contributed by atoms with Crippen molar-refractivity contribution in [3.8, 4) is 5.75 Å². The van der Waals surface area contributed by atoms with Crippen molar-refractivity contribution in [2.45, 2.75) is 38.9 Å². The Morgan fingerprint density at radius 2 is 1.87 bits per heavy atom. The molecule has 23 heavy (non-hydrogen) atoms. The van der Waals surface area contributed by atoms with E-state index in [1.165, 1.54) is 0 Å². The highest BCUT2D eigenvalue weighted by Crippen LogP contribution is 2.39. The summed E-state index contributed by atoms with van der Waals surface area (Å²) in [4.78, 5) is 11.0. The van der Waals surface area contributed by atoms with Gasteiger partial charge in [0, 0.05) is 5.75 Å². The lowest BCUT2D eigenvalue weighted by Crippen LogP contribution is -2.41. The van der Waals surface area contributed by atoms with Crippen LogP contribution in [-0.2, 0) is 9.31 Å². The summed E-state index contributed by atoms with van der Waals surface area (Å²) < 4.78 is 17.4. The average Bonchev–Trinajstić information content (AvgIpc) is 2.72. The number of methoxy groups -OCH3 is 1. The molecule has 0 amide bonds. The van der Waals surface area contributed by atoms with Crippen molar-refractivity contribution in [1.29, 1.82) is 0 Å². The normalized spacial score (nSPS) is 19.7. The SMILES string of the molecule is COc1cc(C=C(CS)B2OC(C)(C)C(C)(C)O2)ccc1C=O. The minimum atomic E-state index is -0.436. The van der Waals surface area contributed by atoms with Crippen molar-refractivity contribution in [3.05, 3.63) is 34.8 Å². The van der Waals surface area contributed by atoms with E-state index in [1.807, 2.05) is 45.9 Å². The van der Waals surface area contributed by atoms with Crippen LogP contribution in [0.3, 0.4) is 0 Å². The van der Waals surface area contributed by atoms with Crippen LogP contribution in [0.1, 0.15) is 43.6 Å². The number of thiol groups is 1. The number of aldehydes is 1. The molecule has 0 saturated carbocycles. The number of carbonyl (C=O) groups is 1. The van der Waals surface area contributed by atoms with Gasteiger partial charge in [-0.25, -0.2) is 0 Å². The van der Waals surface area contributed by atoms with Gasteiger partial charge in [-0.05, 0) is 50.9 Å². The highest BCUT2D eigenvalue weighted by molar-refractivity contribution is 7.80. The third-order valence-electron chi connectivity index (χ3n) is 4.48. The second-order valence-electron chi connectivity index (χ2n) is 6.58. The van der Waals surface area contributed by atoms with E-state index in [2.05, 4.69) is 12.6 Å². The van der Waals surface area contributed by atoms with Gasteiger partial charge in [0.25, 0.3) is 0 Å². The van der Waals surface area contributed by atoms with Crippen molar-refractivity contribution < 1.29 is 18.8 Å². The number of hydrogen-bond donors (Lipinski definition) is 1. The maximum Gasteiger partial charge on any atom is 0.491 e. The second-order valence-corrected chi connectivity index (χ2v) is 6.90. The lowest BCUT2D eigenvalue weighted by molar-refractivity contribution is 0.00578. The minimum absolute atomic E-state index is 0.390. The molecule has 0 unspecified atom stereocenters.